The van der Waals surface area contributed by atoms with Crippen LogP contribution in [0.1, 0.15) is 11.0 Å². The molecule has 0 saturated carbocycles. The fourth-order valence-corrected chi connectivity index (χ4v) is 0.876. The Hall–Kier alpha value is -0.310. The third-order valence-corrected chi connectivity index (χ3v) is 1.60. The Morgan fingerprint density at radius 2 is 2.00 bits per heavy atom. The van der Waals surface area contributed by atoms with E-state index in [-0.39, 0.29) is 29.6 Å². The summed E-state index contributed by atoms with van der Waals surface area (Å²) in [6.07, 6.45) is -3.06. The van der Waals surface area contributed by atoms with Crippen molar-refractivity contribution in [3.05, 3.63) is 23.8 Å². The molecule has 0 atom stereocenters. The van der Waals surface area contributed by atoms with Crippen molar-refractivity contribution in [2.75, 3.05) is 6.56 Å². The average molecular weight is 260 g/mol. The van der Waals surface area contributed by atoms with Crippen molar-refractivity contribution in [3.8, 4) is 11.5 Å². The molecule has 1 aromatic carbocycles. The van der Waals surface area contributed by atoms with Gasteiger partial charge in [-0.15, -0.1) is 0 Å². The number of benzene rings is 1. The Bertz CT molecular complexity index is 591. The van der Waals surface area contributed by atoms with Crippen LogP contribution in [0.3, 0.4) is 0 Å². The normalized spacial score (nSPS) is 16.3. The van der Waals surface area contributed by atoms with Gasteiger partial charge in [-0.2, -0.15) is 0 Å². The minimum absolute atomic E-state index is 0. The smallest absolute Gasteiger partial charge is 0.726 e. The van der Waals surface area contributed by atoms with Crippen LogP contribution in [-0.4, -0.2) is 29.7 Å². The molecular weight excluding hydrogens is 247 g/mol. The van der Waals surface area contributed by atoms with Crippen LogP contribution >= 0.6 is 0 Å². The number of phenols is 2. The number of phenolic OH excluding ortho intramolecular Hbond substituents is 2. The second-order valence-electron chi connectivity index (χ2n) is 2.42. The van der Waals surface area contributed by atoms with Crippen LogP contribution in [0.2, 0.25) is 0 Å². The first-order chi connectivity index (χ1) is 8.37. The van der Waals surface area contributed by atoms with E-state index in [1.165, 1.54) is 0 Å². The van der Waals surface area contributed by atoms with Crippen LogP contribution in [0.4, 0.5) is 0 Å². The maximum absolute atomic E-state index is 10.4. The average Bonchev–Trinajstić information content (AvgIpc) is 2.18. The molecule has 0 spiro atoms. The summed E-state index contributed by atoms with van der Waals surface area (Å²) in [5.41, 5.74) is -0.517. The molecule has 0 saturated heterocycles. The van der Waals surface area contributed by atoms with Crippen molar-refractivity contribution < 1.29 is 62.4 Å². The van der Waals surface area contributed by atoms with Crippen LogP contribution < -0.4 is 29.6 Å². The van der Waals surface area contributed by atoms with Crippen molar-refractivity contribution in [1.82, 2.24) is 0 Å². The molecule has 0 aromatic heterocycles. The monoisotopic (exact) mass is 260 g/mol. The fraction of sp³-hybridized carbons (Fsp3) is 0.250. The molecule has 0 aliphatic carbocycles. The summed E-state index contributed by atoms with van der Waals surface area (Å²) in [6, 6.07) is 2.48. The Balaban J connectivity index is 0.00000361. The van der Waals surface area contributed by atoms with E-state index >= 15 is 0 Å². The van der Waals surface area contributed by atoms with Crippen LogP contribution in [0, 0.1) is 0 Å². The first-order valence-corrected chi connectivity index (χ1v) is 4.89. The van der Waals surface area contributed by atoms with Crippen molar-refractivity contribution >= 4 is 10.4 Å². The van der Waals surface area contributed by atoms with Crippen LogP contribution in [0.25, 0.3) is 0 Å². The Kier molecular flexibility index (Phi) is 3.90. The van der Waals surface area contributed by atoms with Crippen molar-refractivity contribution in [3.63, 3.8) is 0 Å². The third kappa shape index (κ3) is 5.69. The third-order valence-electron chi connectivity index (χ3n) is 1.31. The first-order valence-electron chi connectivity index (χ1n) is 5.56. The van der Waals surface area contributed by atoms with Gasteiger partial charge in [0, 0.05) is 2.74 Å². The molecule has 2 N–H and O–H groups in total. The quantitative estimate of drug-likeness (QED) is 0.261. The number of aryl methyl sites for hydroxylation is 1. The minimum atomic E-state index is -5.47. The maximum atomic E-state index is 10.4. The molecular formula is C8H9NaO6S. The molecule has 8 heteroatoms. The van der Waals surface area contributed by atoms with Crippen molar-refractivity contribution in [1.29, 1.82) is 0 Å². The Morgan fingerprint density at radius 3 is 2.50 bits per heavy atom. The summed E-state index contributed by atoms with van der Waals surface area (Å²) < 4.78 is 64.0. The molecule has 0 heterocycles. The summed E-state index contributed by atoms with van der Waals surface area (Å²) in [4.78, 5) is 0. The van der Waals surface area contributed by atoms with Gasteiger partial charge in [0.25, 0.3) is 0 Å². The molecule has 0 radical (unpaired) electrons. The molecule has 0 unspecified atom stereocenters. The summed E-state index contributed by atoms with van der Waals surface area (Å²) in [7, 11) is -5.47. The van der Waals surface area contributed by atoms with Gasteiger partial charge in [-0.25, -0.2) is 8.42 Å². The predicted molar refractivity (Wildman–Crippen MR) is 49.1 cm³/mol. The van der Waals surface area contributed by atoms with Gasteiger partial charge in [0.2, 0.25) is 10.4 Å². The summed E-state index contributed by atoms with van der Waals surface area (Å²) >= 11 is 0. The van der Waals surface area contributed by atoms with Crippen LogP contribution in [-0.2, 0) is 21.0 Å². The second kappa shape index (κ2) is 6.43. The zero-order valence-electron chi connectivity index (χ0n) is 12.2. The molecule has 6 nitrogen and oxygen atoms in total. The van der Waals surface area contributed by atoms with Gasteiger partial charge in [-0.3, -0.25) is 4.18 Å². The van der Waals surface area contributed by atoms with Gasteiger partial charge >= 0.3 is 29.6 Å². The molecule has 1 rings (SSSR count). The molecule has 0 amide bonds. The molecule has 84 valence electrons. The molecule has 16 heavy (non-hydrogen) atoms. The van der Waals surface area contributed by atoms with Gasteiger partial charge in [0.15, 0.2) is 11.5 Å². The van der Waals surface area contributed by atoms with E-state index in [0.717, 1.165) is 12.1 Å². The molecule has 0 aliphatic rings. The number of rotatable bonds is 4. The van der Waals surface area contributed by atoms with E-state index in [9.17, 15) is 18.1 Å². The number of hydrogen-bond donors (Lipinski definition) is 2. The minimum Gasteiger partial charge on any atom is -0.726 e. The van der Waals surface area contributed by atoms with E-state index in [4.69, 9.17) is 10.6 Å². The molecule has 0 bridgehead atoms. The summed E-state index contributed by atoms with van der Waals surface area (Å²) in [5.74, 6) is -1.31. The van der Waals surface area contributed by atoms with Gasteiger partial charge in [0.1, 0.15) is 0 Å². The maximum Gasteiger partial charge on any atom is 1.00 e. The van der Waals surface area contributed by atoms with Gasteiger partial charge in [-0.1, -0.05) is 6.07 Å². The van der Waals surface area contributed by atoms with E-state index in [2.05, 4.69) is 4.18 Å². The molecule has 0 aliphatic heterocycles. The second-order valence-corrected chi connectivity index (χ2v) is 3.41. The summed E-state index contributed by atoms with van der Waals surface area (Å²) in [5, 5.41) is 18.3. The SMILES string of the molecule is [2H]C([2H])(OS(=O)(=O)[O-])C([2H])([2H])c1ccc(O)c(O)c1.[Na+]. The topological polar surface area (TPSA) is 107 Å². The summed E-state index contributed by atoms with van der Waals surface area (Å²) in [6.45, 7) is -3.49. The Morgan fingerprint density at radius 1 is 1.38 bits per heavy atom. The van der Waals surface area contributed by atoms with Crippen molar-refractivity contribution in [2.24, 2.45) is 0 Å². The van der Waals surface area contributed by atoms with Gasteiger partial charge in [-0.05, 0) is 24.1 Å². The van der Waals surface area contributed by atoms with Gasteiger partial charge in [0.05, 0.1) is 9.30 Å². The largest absolute Gasteiger partial charge is 1.00 e. The van der Waals surface area contributed by atoms with Crippen molar-refractivity contribution in [2.45, 2.75) is 6.37 Å². The first kappa shape index (κ1) is 9.69. The van der Waals surface area contributed by atoms with E-state index in [1.54, 1.807) is 0 Å². The zero-order valence-corrected chi connectivity index (χ0v) is 11.0. The Labute approximate surface area is 121 Å². The van der Waals surface area contributed by atoms with Crippen LogP contribution in [0.15, 0.2) is 18.2 Å². The van der Waals surface area contributed by atoms with Crippen LogP contribution in [0.5, 0.6) is 11.5 Å². The number of aromatic hydroxyl groups is 2. The van der Waals surface area contributed by atoms with Gasteiger partial charge < -0.3 is 14.8 Å². The standard InChI is InChI=1S/C8H10O6S.Na/c9-7-2-1-6(5-8(7)10)3-4-14-15(11,12)13;/h1-2,5,9-10H,3-4H2,(H,11,12,13);/q;+1/p-1/i3D2,4D2;. The van der Waals surface area contributed by atoms with E-state index < -0.39 is 40.4 Å². The predicted octanol–water partition coefficient (Wildman–Crippen LogP) is -2.88. The molecule has 0 fully saturated rings. The molecule has 1 aromatic rings. The van der Waals surface area contributed by atoms with E-state index in [1.807, 2.05) is 0 Å². The fourth-order valence-electron chi connectivity index (χ4n) is 0.732. The zero-order chi connectivity index (χ0) is 15.1. The van der Waals surface area contributed by atoms with E-state index in [0.29, 0.717) is 6.07 Å². The number of hydrogen-bond acceptors (Lipinski definition) is 6.